The van der Waals surface area contributed by atoms with E-state index in [0.29, 0.717) is 12.1 Å². The lowest BCUT2D eigenvalue weighted by Crippen LogP contribution is -2.27. The number of carbonyl (C=O) groups excluding carboxylic acids is 1. The Kier molecular flexibility index (Phi) is 5.57. The number of nitrogens with one attached hydrogen (secondary N) is 2. The monoisotopic (exact) mass is 406 g/mol. The van der Waals surface area contributed by atoms with E-state index in [1.54, 1.807) is 37.3 Å². The third kappa shape index (κ3) is 4.52. The van der Waals surface area contributed by atoms with E-state index in [9.17, 15) is 13.2 Å². The van der Waals surface area contributed by atoms with Crippen molar-refractivity contribution in [3.8, 4) is 11.5 Å². The number of benzene rings is 1. The molecule has 0 radical (unpaired) electrons. The topological polar surface area (TPSA) is 114 Å². The van der Waals surface area contributed by atoms with Crippen LogP contribution in [0.4, 0.5) is 10.8 Å². The van der Waals surface area contributed by atoms with Crippen molar-refractivity contribution in [3.63, 3.8) is 0 Å². The molecular formula is C17H18N4O4S2. The summed E-state index contributed by atoms with van der Waals surface area (Å²) in [7, 11) is -3.34. The van der Waals surface area contributed by atoms with Crippen LogP contribution in [0.15, 0.2) is 51.1 Å². The lowest BCUT2D eigenvalue weighted by molar-refractivity contribution is 0.251. The molecule has 2 N–H and O–H groups in total. The molecule has 0 saturated carbocycles. The van der Waals surface area contributed by atoms with E-state index < -0.39 is 21.1 Å². The van der Waals surface area contributed by atoms with Crippen molar-refractivity contribution in [1.29, 1.82) is 0 Å². The lowest BCUT2D eigenvalue weighted by Gasteiger charge is -2.07. The standard InChI is InChI=1S/C17H18N4O4S2/c1-11(2)27(23,24)14-7-5-12(6-8-14)15-20-21-17(25-15)19-16(22)18-10-13-4-3-9-26-13/h3-9,11H,10H2,1-2H3,(H2,18,19,21,22). The van der Waals surface area contributed by atoms with Gasteiger partial charge in [-0.15, -0.1) is 16.4 Å². The number of amides is 2. The highest BCUT2D eigenvalue weighted by atomic mass is 32.2. The smallest absolute Gasteiger partial charge is 0.324 e. The number of nitrogens with zero attached hydrogens (tertiary/aromatic N) is 2. The molecule has 8 nitrogen and oxygen atoms in total. The van der Waals surface area contributed by atoms with Crippen LogP contribution in [-0.2, 0) is 16.4 Å². The highest BCUT2D eigenvalue weighted by Gasteiger charge is 2.19. The molecule has 1 aromatic carbocycles. The minimum Gasteiger partial charge on any atom is -0.403 e. The van der Waals surface area contributed by atoms with E-state index in [4.69, 9.17) is 4.42 Å². The van der Waals surface area contributed by atoms with Crippen LogP contribution in [0, 0.1) is 0 Å². The second-order valence-corrected chi connectivity index (χ2v) is 9.45. The maximum atomic E-state index is 12.1. The van der Waals surface area contributed by atoms with Gasteiger partial charge in [-0.25, -0.2) is 13.2 Å². The van der Waals surface area contributed by atoms with Gasteiger partial charge in [-0.2, -0.15) is 0 Å². The first-order valence-corrected chi connectivity index (χ1v) is 10.5. The lowest BCUT2D eigenvalue weighted by atomic mass is 10.2. The summed E-state index contributed by atoms with van der Waals surface area (Å²) in [5.74, 6) is 0.178. The summed E-state index contributed by atoms with van der Waals surface area (Å²) in [5.41, 5.74) is 0.553. The first-order valence-electron chi connectivity index (χ1n) is 8.11. The molecule has 0 unspecified atom stereocenters. The van der Waals surface area contributed by atoms with Crippen molar-refractivity contribution in [2.45, 2.75) is 30.5 Å². The quantitative estimate of drug-likeness (QED) is 0.649. The number of sulfone groups is 1. The van der Waals surface area contributed by atoms with Gasteiger partial charge in [-0.3, -0.25) is 5.32 Å². The van der Waals surface area contributed by atoms with E-state index in [0.717, 1.165) is 4.88 Å². The number of anilines is 1. The van der Waals surface area contributed by atoms with Gasteiger partial charge in [0.15, 0.2) is 9.84 Å². The molecule has 2 heterocycles. The Labute approximate surface area is 160 Å². The summed E-state index contributed by atoms with van der Waals surface area (Å²) < 4.78 is 29.7. The van der Waals surface area contributed by atoms with Gasteiger partial charge < -0.3 is 9.73 Å². The van der Waals surface area contributed by atoms with E-state index in [2.05, 4.69) is 20.8 Å². The molecule has 0 fully saturated rings. The van der Waals surface area contributed by atoms with Gasteiger partial charge in [0.1, 0.15) is 0 Å². The van der Waals surface area contributed by atoms with Crippen LogP contribution in [0.2, 0.25) is 0 Å². The normalized spacial score (nSPS) is 11.5. The number of aromatic nitrogens is 2. The molecule has 10 heteroatoms. The molecular weight excluding hydrogens is 388 g/mol. The largest absolute Gasteiger partial charge is 0.403 e. The van der Waals surface area contributed by atoms with Crippen LogP contribution in [0.1, 0.15) is 18.7 Å². The Morgan fingerprint density at radius 2 is 1.93 bits per heavy atom. The third-order valence-electron chi connectivity index (χ3n) is 3.70. The van der Waals surface area contributed by atoms with Crippen molar-refractivity contribution >= 4 is 33.2 Å². The third-order valence-corrected chi connectivity index (χ3v) is 6.75. The molecule has 27 heavy (non-hydrogen) atoms. The van der Waals surface area contributed by atoms with Crippen LogP contribution in [0.25, 0.3) is 11.5 Å². The Morgan fingerprint density at radius 1 is 1.19 bits per heavy atom. The predicted molar refractivity (Wildman–Crippen MR) is 102 cm³/mol. The van der Waals surface area contributed by atoms with Gasteiger partial charge in [0.2, 0.25) is 5.89 Å². The first kappa shape index (κ1) is 19.1. The van der Waals surface area contributed by atoms with Gasteiger partial charge >= 0.3 is 12.0 Å². The fourth-order valence-electron chi connectivity index (χ4n) is 2.17. The molecule has 0 saturated heterocycles. The van der Waals surface area contributed by atoms with Crippen molar-refractivity contribution in [2.75, 3.05) is 5.32 Å². The average molecular weight is 406 g/mol. The Morgan fingerprint density at radius 3 is 2.56 bits per heavy atom. The van der Waals surface area contributed by atoms with Crippen molar-refractivity contribution < 1.29 is 17.6 Å². The Hall–Kier alpha value is -2.72. The summed E-state index contributed by atoms with van der Waals surface area (Å²) >= 11 is 1.54. The van der Waals surface area contributed by atoms with Gasteiger partial charge in [-0.05, 0) is 49.6 Å². The van der Waals surface area contributed by atoms with Gasteiger partial charge in [0.25, 0.3) is 0 Å². The second-order valence-electron chi connectivity index (χ2n) is 5.92. The highest BCUT2D eigenvalue weighted by molar-refractivity contribution is 7.92. The van der Waals surface area contributed by atoms with E-state index in [1.165, 1.54) is 12.1 Å². The maximum Gasteiger partial charge on any atom is 0.324 e. The average Bonchev–Trinajstić information content (AvgIpc) is 3.32. The van der Waals surface area contributed by atoms with Crippen LogP contribution in [0.5, 0.6) is 0 Å². The van der Waals surface area contributed by atoms with Gasteiger partial charge in [0.05, 0.1) is 16.7 Å². The molecule has 0 aliphatic rings. The predicted octanol–water partition coefficient (Wildman–Crippen LogP) is 3.30. The number of urea groups is 1. The van der Waals surface area contributed by atoms with Gasteiger partial charge in [-0.1, -0.05) is 11.2 Å². The SMILES string of the molecule is CC(C)S(=O)(=O)c1ccc(-c2nnc(NC(=O)NCc3cccs3)o2)cc1. The first-order chi connectivity index (χ1) is 12.9. The number of carbonyl (C=O) groups is 1. The number of thiophene rings is 1. The zero-order valence-electron chi connectivity index (χ0n) is 14.7. The minimum atomic E-state index is -3.34. The van der Waals surface area contributed by atoms with Crippen molar-refractivity contribution in [1.82, 2.24) is 15.5 Å². The fourth-order valence-corrected chi connectivity index (χ4v) is 3.88. The Bertz CT molecular complexity index is 1010. The molecule has 0 aliphatic heterocycles. The minimum absolute atomic E-state index is 0.0486. The number of hydrogen-bond donors (Lipinski definition) is 2. The number of rotatable bonds is 6. The molecule has 0 atom stereocenters. The van der Waals surface area contributed by atoms with Crippen molar-refractivity contribution in [3.05, 3.63) is 46.7 Å². The molecule has 142 valence electrons. The number of hydrogen-bond acceptors (Lipinski definition) is 7. The fraction of sp³-hybridized carbons (Fsp3) is 0.235. The summed E-state index contributed by atoms with van der Waals surface area (Å²) in [4.78, 5) is 13.1. The summed E-state index contributed by atoms with van der Waals surface area (Å²) in [6.45, 7) is 3.65. The molecule has 3 aromatic rings. The highest BCUT2D eigenvalue weighted by Crippen LogP contribution is 2.23. The van der Waals surface area contributed by atoms with Crippen LogP contribution >= 0.6 is 11.3 Å². The summed E-state index contributed by atoms with van der Waals surface area (Å²) in [6, 6.07) is 9.48. The van der Waals surface area contributed by atoms with E-state index in [-0.39, 0.29) is 16.8 Å². The summed E-state index contributed by atoms with van der Waals surface area (Å²) in [5, 5.41) is 14.2. The maximum absolute atomic E-state index is 12.1. The molecule has 0 bridgehead atoms. The molecule has 0 spiro atoms. The Balaban J connectivity index is 1.64. The van der Waals surface area contributed by atoms with Gasteiger partial charge in [0, 0.05) is 10.4 Å². The molecule has 2 aromatic heterocycles. The zero-order chi connectivity index (χ0) is 19.4. The second kappa shape index (κ2) is 7.89. The van der Waals surface area contributed by atoms with E-state index >= 15 is 0 Å². The van der Waals surface area contributed by atoms with E-state index in [1.807, 2.05) is 17.5 Å². The van der Waals surface area contributed by atoms with Crippen LogP contribution in [-0.4, -0.2) is 29.9 Å². The molecule has 0 aliphatic carbocycles. The van der Waals surface area contributed by atoms with Crippen molar-refractivity contribution in [2.24, 2.45) is 0 Å². The zero-order valence-corrected chi connectivity index (χ0v) is 16.3. The summed E-state index contributed by atoms with van der Waals surface area (Å²) in [6.07, 6.45) is 0. The van der Waals surface area contributed by atoms with Crippen LogP contribution < -0.4 is 10.6 Å². The molecule has 2 amide bonds. The molecule has 3 rings (SSSR count). The van der Waals surface area contributed by atoms with Crippen LogP contribution in [0.3, 0.4) is 0 Å².